The third-order valence-electron chi connectivity index (χ3n) is 4.55. The number of benzene rings is 2. The Morgan fingerprint density at radius 2 is 1.96 bits per heavy atom. The van der Waals surface area contributed by atoms with E-state index in [2.05, 4.69) is 22.4 Å². The Balaban J connectivity index is 0.00000182. The predicted octanol–water partition coefficient (Wildman–Crippen LogP) is 0.677. The second-order valence-corrected chi connectivity index (χ2v) is 6.05. The van der Waals surface area contributed by atoms with E-state index in [-0.39, 0.29) is 18.4 Å². The number of aryl methyl sites for hydroxylation is 1. The lowest BCUT2D eigenvalue weighted by atomic mass is 10.1. The largest absolute Gasteiger partial charge is 1.00 e. The molecule has 4 nitrogen and oxygen atoms in total. The third-order valence-corrected chi connectivity index (χ3v) is 4.55. The molecule has 25 heavy (non-hydrogen) atoms. The van der Waals surface area contributed by atoms with Crippen molar-refractivity contribution in [3.63, 3.8) is 0 Å². The monoisotopic (exact) mass is 354 g/mol. The van der Waals surface area contributed by atoms with Crippen LogP contribution in [-0.4, -0.2) is 13.1 Å². The Hall–Kier alpha value is -2.59. The first-order chi connectivity index (χ1) is 11.8. The van der Waals surface area contributed by atoms with Gasteiger partial charge in [0.25, 0.3) is 0 Å². The molecule has 0 bridgehead atoms. The molecule has 1 heterocycles. The van der Waals surface area contributed by atoms with Crippen LogP contribution in [0.4, 0.5) is 11.4 Å². The molecule has 5 heteroatoms. The minimum atomic E-state index is -0.324. The van der Waals surface area contributed by atoms with Crippen molar-refractivity contribution in [2.24, 2.45) is 0 Å². The standard InChI is InChI=1S/C20H18N2O2.ClH/c1-24-20(23)13-6-4-7-14(12-13)21-19-15-8-2-3-10-17(15)22-18-11-5-9-16(18)19;/h2-4,6-8,10,12H,5,9,11H2,1H3,(H,21,22);1H. The highest BCUT2D eigenvalue weighted by Gasteiger charge is 2.24. The quantitative estimate of drug-likeness (QED) is 0.704. The summed E-state index contributed by atoms with van der Waals surface area (Å²) in [6.07, 6.45) is 3.31. The number of carbonyl (C=O) groups excluding carboxylic acids is 1. The number of rotatable bonds is 3. The third kappa shape index (κ3) is 3.17. The first-order valence-electron chi connectivity index (χ1n) is 8.17. The Morgan fingerprint density at radius 3 is 2.80 bits per heavy atom. The number of ether oxygens (including phenoxy) is 1. The SMILES string of the molecule is COC(=O)c1cccc(Nc2c3c([nH+]c4ccccc24)CCC3)c1.[Cl-]. The summed E-state index contributed by atoms with van der Waals surface area (Å²) in [5.74, 6) is -0.324. The topological polar surface area (TPSA) is 52.5 Å². The molecule has 4 rings (SSSR count). The number of hydrogen-bond donors (Lipinski definition) is 1. The number of para-hydroxylation sites is 1. The van der Waals surface area contributed by atoms with Crippen LogP contribution in [-0.2, 0) is 17.6 Å². The van der Waals surface area contributed by atoms with Crippen LogP contribution in [0.2, 0.25) is 0 Å². The lowest BCUT2D eigenvalue weighted by molar-refractivity contribution is -0.356. The molecule has 0 saturated heterocycles. The Labute approximate surface area is 152 Å². The Morgan fingerprint density at radius 1 is 1.12 bits per heavy atom. The van der Waals surface area contributed by atoms with Gasteiger partial charge in [0.1, 0.15) is 0 Å². The number of esters is 1. The van der Waals surface area contributed by atoms with E-state index in [1.54, 1.807) is 6.07 Å². The molecular formula is C20H19ClN2O2. The van der Waals surface area contributed by atoms with Crippen LogP contribution >= 0.6 is 0 Å². The van der Waals surface area contributed by atoms with E-state index in [4.69, 9.17) is 4.74 Å². The normalized spacial score (nSPS) is 12.4. The summed E-state index contributed by atoms with van der Waals surface area (Å²) in [6.45, 7) is 0. The van der Waals surface area contributed by atoms with Gasteiger partial charge in [-0.1, -0.05) is 18.2 Å². The van der Waals surface area contributed by atoms with Gasteiger partial charge in [-0.2, -0.15) is 0 Å². The number of methoxy groups -OCH3 is 1. The van der Waals surface area contributed by atoms with Crippen molar-refractivity contribution in [3.05, 3.63) is 65.4 Å². The van der Waals surface area contributed by atoms with Crippen molar-refractivity contribution in [2.75, 3.05) is 12.4 Å². The Kier molecular flexibility index (Phi) is 4.91. The summed E-state index contributed by atoms with van der Waals surface area (Å²) >= 11 is 0. The zero-order chi connectivity index (χ0) is 16.5. The molecule has 0 unspecified atom stereocenters. The maximum atomic E-state index is 11.8. The summed E-state index contributed by atoms with van der Waals surface area (Å²) in [4.78, 5) is 15.3. The van der Waals surface area contributed by atoms with E-state index in [1.807, 2.05) is 30.3 Å². The van der Waals surface area contributed by atoms with E-state index < -0.39 is 0 Å². The van der Waals surface area contributed by atoms with Gasteiger partial charge < -0.3 is 22.5 Å². The average molecular weight is 355 g/mol. The Bertz CT molecular complexity index is 940. The molecule has 0 radical (unpaired) electrons. The van der Waals surface area contributed by atoms with Crippen molar-refractivity contribution in [3.8, 4) is 0 Å². The molecule has 1 aliphatic carbocycles. The van der Waals surface area contributed by atoms with E-state index in [1.165, 1.54) is 30.2 Å². The molecule has 0 fully saturated rings. The van der Waals surface area contributed by atoms with Crippen LogP contribution in [0.1, 0.15) is 28.0 Å². The van der Waals surface area contributed by atoms with Crippen LogP contribution < -0.4 is 22.7 Å². The predicted molar refractivity (Wildman–Crippen MR) is 93.6 cm³/mol. The molecule has 1 aromatic heterocycles. The minimum absolute atomic E-state index is 0. The molecule has 1 aliphatic rings. The van der Waals surface area contributed by atoms with E-state index in [0.29, 0.717) is 5.56 Å². The number of halogens is 1. The van der Waals surface area contributed by atoms with Crippen LogP contribution in [0.25, 0.3) is 10.9 Å². The summed E-state index contributed by atoms with van der Waals surface area (Å²) < 4.78 is 4.81. The number of aromatic amines is 1. The summed E-state index contributed by atoms with van der Waals surface area (Å²) in [6, 6.07) is 15.7. The van der Waals surface area contributed by atoms with Crippen LogP contribution in [0, 0.1) is 0 Å². The van der Waals surface area contributed by atoms with Crippen LogP contribution in [0.15, 0.2) is 48.5 Å². The lowest BCUT2D eigenvalue weighted by Crippen LogP contribution is -3.00. The second-order valence-electron chi connectivity index (χ2n) is 6.05. The molecule has 0 amide bonds. The lowest BCUT2D eigenvalue weighted by Gasteiger charge is -2.12. The summed E-state index contributed by atoms with van der Waals surface area (Å²) in [5.41, 5.74) is 6.36. The molecular weight excluding hydrogens is 336 g/mol. The maximum absolute atomic E-state index is 11.8. The first kappa shape index (κ1) is 17.2. The smallest absolute Gasteiger partial charge is 0.337 e. The molecule has 2 N–H and O–H groups in total. The summed E-state index contributed by atoms with van der Waals surface area (Å²) in [5, 5.41) is 4.71. The van der Waals surface area contributed by atoms with E-state index in [0.717, 1.165) is 29.7 Å². The number of nitrogens with one attached hydrogen (secondary N) is 2. The number of fused-ring (bicyclic) bond motifs is 2. The molecule has 0 saturated carbocycles. The number of aromatic nitrogens is 1. The van der Waals surface area contributed by atoms with Gasteiger partial charge in [0, 0.05) is 23.7 Å². The fourth-order valence-electron chi connectivity index (χ4n) is 3.42. The van der Waals surface area contributed by atoms with Crippen LogP contribution in [0.3, 0.4) is 0 Å². The van der Waals surface area contributed by atoms with E-state index >= 15 is 0 Å². The number of H-pyrrole nitrogens is 1. The molecule has 0 atom stereocenters. The van der Waals surface area contributed by atoms with Gasteiger partial charge in [-0.05, 0) is 37.1 Å². The zero-order valence-electron chi connectivity index (χ0n) is 13.9. The second kappa shape index (κ2) is 7.11. The fraction of sp³-hybridized carbons (Fsp3) is 0.200. The van der Waals surface area contributed by atoms with E-state index in [9.17, 15) is 4.79 Å². The molecule has 128 valence electrons. The van der Waals surface area contributed by atoms with Gasteiger partial charge in [0.2, 0.25) is 5.52 Å². The van der Waals surface area contributed by atoms with Crippen molar-refractivity contribution in [1.29, 1.82) is 0 Å². The number of anilines is 2. The van der Waals surface area contributed by atoms with Gasteiger partial charge in [0.05, 0.1) is 23.7 Å². The highest BCUT2D eigenvalue weighted by molar-refractivity contribution is 5.95. The highest BCUT2D eigenvalue weighted by Crippen LogP contribution is 2.34. The van der Waals surface area contributed by atoms with Crippen molar-refractivity contribution >= 4 is 28.2 Å². The van der Waals surface area contributed by atoms with Gasteiger partial charge in [-0.25, -0.2) is 9.78 Å². The van der Waals surface area contributed by atoms with Crippen molar-refractivity contribution < 1.29 is 26.9 Å². The van der Waals surface area contributed by atoms with Gasteiger partial charge >= 0.3 is 5.97 Å². The van der Waals surface area contributed by atoms with Gasteiger partial charge in [-0.3, -0.25) is 0 Å². The minimum Gasteiger partial charge on any atom is -1.00 e. The zero-order valence-corrected chi connectivity index (χ0v) is 14.7. The number of pyridine rings is 1. The highest BCUT2D eigenvalue weighted by atomic mass is 35.5. The molecule has 0 spiro atoms. The summed E-state index contributed by atoms with van der Waals surface area (Å²) in [7, 11) is 1.40. The number of hydrogen-bond acceptors (Lipinski definition) is 3. The molecule has 0 aliphatic heterocycles. The van der Waals surface area contributed by atoms with Crippen molar-refractivity contribution in [1.82, 2.24) is 0 Å². The fourth-order valence-corrected chi connectivity index (χ4v) is 3.42. The maximum Gasteiger partial charge on any atom is 0.337 e. The van der Waals surface area contributed by atoms with Gasteiger partial charge in [0.15, 0.2) is 5.69 Å². The van der Waals surface area contributed by atoms with Crippen LogP contribution in [0.5, 0.6) is 0 Å². The molecule has 2 aromatic carbocycles. The first-order valence-corrected chi connectivity index (χ1v) is 8.17. The average Bonchev–Trinajstić information content (AvgIpc) is 3.09. The van der Waals surface area contributed by atoms with Crippen molar-refractivity contribution in [2.45, 2.75) is 19.3 Å². The van der Waals surface area contributed by atoms with Gasteiger partial charge in [-0.15, -0.1) is 0 Å². The number of carbonyl (C=O) groups is 1. The molecule has 3 aromatic rings.